The second-order valence-corrected chi connectivity index (χ2v) is 6.68. The molecular formula is C20H22N4O. The van der Waals surface area contributed by atoms with E-state index in [1.807, 2.05) is 36.1 Å². The van der Waals surface area contributed by atoms with Gasteiger partial charge in [0.1, 0.15) is 0 Å². The second-order valence-electron chi connectivity index (χ2n) is 6.68. The first-order valence-electron chi connectivity index (χ1n) is 8.71. The van der Waals surface area contributed by atoms with E-state index in [1.165, 1.54) is 5.56 Å². The van der Waals surface area contributed by atoms with Gasteiger partial charge in [-0.25, -0.2) is 0 Å². The van der Waals surface area contributed by atoms with Crippen LogP contribution < -0.4 is 0 Å². The summed E-state index contributed by atoms with van der Waals surface area (Å²) in [6, 6.07) is 16.5. The first kappa shape index (κ1) is 15.8. The minimum Gasteiger partial charge on any atom is -0.335 e. The second kappa shape index (κ2) is 6.69. The maximum Gasteiger partial charge on any atom is 0.275 e. The molecule has 1 N–H and O–H groups in total. The fourth-order valence-electron chi connectivity index (χ4n) is 3.39. The number of nitrogens with zero attached hydrogens (tertiary/aromatic N) is 3. The smallest absolute Gasteiger partial charge is 0.275 e. The Hall–Kier alpha value is -2.66. The molecule has 3 aromatic rings. The van der Waals surface area contributed by atoms with Crippen LogP contribution in [0.1, 0.15) is 21.6 Å². The van der Waals surface area contributed by atoms with Crippen molar-refractivity contribution >= 4 is 16.8 Å². The number of amides is 1. The molecule has 0 unspecified atom stereocenters. The van der Waals surface area contributed by atoms with Gasteiger partial charge in [-0.05, 0) is 24.6 Å². The number of carbonyl (C=O) groups is 1. The Kier molecular flexibility index (Phi) is 4.24. The van der Waals surface area contributed by atoms with E-state index in [2.05, 4.69) is 39.4 Å². The highest BCUT2D eigenvalue weighted by molar-refractivity contribution is 6.04. The van der Waals surface area contributed by atoms with Gasteiger partial charge in [0.2, 0.25) is 0 Å². The zero-order chi connectivity index (χ0) is 17.2. The van der Waals surface area contributed by atoms with Crippen LogP contribution in [0.2, 0.25) is 0 Å². The first-order valence-corrected chi connectivity index (χ1v) is 8.71. The zero-order valence-corrected chi connectivity index (χ0v) is 14.4. The summed E-state index contributed by atoms with van der Waals surface area (Å²) in [4.78, 5) is 17.2. The highest BCUT2D eigenvalue weighted by atomic mass is 16.2. The lowest BCUT2D eigenvalue weighted by atomic mass is 10.1. The molecule has 5 nitrogen and oxygen atoms in total. The van der Waals surface area contributed by atoms with E-state index in [4.69, 9.17) is 0 Å². The van der Waals surface area contributed by atoms with E-state index in [0.717, 1.165) is 49.2 Å². The molecule has 0 saturated carbocycles. The first-order chi connectivity index (χ1) is 12.2. The average Bonchev–Trinajstić information content (AvgIpc) is 3.05. The molecule has 0 spiro atoms. The third-order valence-electron chi connectivity index (χ3n) is 4.83. The van der Waals surface area contributed by atoms with Crippen molar-refractivity contribution in [1.29, 1.82) is 0 Å². The molecular weight excluding hydrogens is 312 g/mol. The van der Waals surface area contributed by atoms with Crippen molar-refractivity contribution in [2.75, 3.05) is 26.2 Å². The van der Waals surface area contributed by atoms with Crippen molar-refractivity contribution in [3.8, 4) is 0 Å². The van der Waals surface area contributed by atoms with Crippen LogP contribution in [-0.2, 0) is 6.54 Å². The summed E-state index contributed by atoms with van der Waals surface area (Å²) in [6.07, 6.45) is 0. The molecule has 25 heavy (non-hydrogen) atoms. The largest absolute Gasteiger partial charge is 0.335 e. The maximum atomic E-state index is 12.9. The van der Waals surface area contributed by atoms with Crippen LogP contribution in [0.5, 0.6) is 0 Å². The summed E-state index contributed by atoms with van der Waals surface area (Å²) in [5, 5.41) is 8.15. The summed E-state index contributed by atoms with van der Waals surface area (Å²) in [6.45, 7) is 6.23. The minimum absolute atomic E-state index is 0.0243. The number of aromatic nitrogens is 2. The Balaban J connectivity index is 1.43. The standard InChI is InChI=1S/C20H22N4O/c1-15-7-8-18-17(13-15)19(22-21-18)20(25)24-11-9-23(10-12-24)14-16-5-3-2-4-6-16/h2-8,13H,9-12,14H2,1H3,(H,21,22). The van der Waals surface area contributed by atoms with Crippen molar-refractivity contribution in [3.63, 3.8) is 0 Å². The van der Waals surface area contributed by atoms with Crippen LogP contribution in [0.25, 0.3) is 10.9 Å². The number of piperazine rings is 1. The molecule has 2 aromatic carbocycles. The summed E-state index contributed by atoms with van der Waals surface area (Å²) >= 11 is 0. The van der Waals surface area contributed by atoms with Crippen LogP contribution in [-0.4, -0.2) is 52.1 Å². The van der Waals surface area contributed by atoms with Crippen LogP contribution in [0.15, 0.2) is 48.5 Å². The van der Waals surface area contributed by atoms with Gasteiger partial charge in [0, 0.05) is 38.1 Å². The Labute approximate surface area is 147 Å². The van der Waals surface area contributed by atoms with Crippen molar-refractivity contribution in [1.82, 2.24) is 20.0 Å². The lowest BCUT2D eigenvalue weighted by Crippen LogP contribution is -2.48. The van der Waals surface area contributed by atoms with Gasteiger partial charge in [0.05, 0.1) is 5.52 Å². The lowest BCUT2D eigenvalue weighted by molar-refractivity contribution is 0.0624. The monoisotopic (exact) mass is 334 g/mol. The fourth-order valence-corrected chi connectivity index (χ4v) is 3.39. The lowest BCUT2D eigenvalue weighted by Gasteiger charge is -2.34. The fraction of sp³-hybridized carbons (Fsp3) is 0.300. The highest BCUT2D eigenvalue weighted by Crippen LogP contribution is 2.20. The van der Waals surface area contributed by atoms with Crippen LogP contribution >= 0.6 is 0 Å². The topological polar surface area (TPSA) is 52.2 Å². The molecule has 5 heteroatoms. The van der Waals surface area contributed by atoms with Gasteiger partial charge in [0.25, 0.3) is 5.91 Å². The third kappa shape index (κ3) is 3.28. The van der Waals surface area contributed by atoms with Crippen molar-refractivity contribution in [2.24, 2.45) is 0 Å². The number of carbonyl (C=O) groups excluding carboxylic acids is 1. The number of aryl methyl sites for hydroxylation is 1. The van der Waals surface area contributed by atoms with Gasteiger partial charge in [-0.2, -0.15) is 5.10 Å². The number of hydrogen-bond acceptors (Lipinski definition) is 3. The molecule has 1 aromatic heterocycles. The van der Waals surface area contributed by atoms with Gasteiger partial charge >= 0.3 is 0 Å². The molecule has 0 atom stereocenters. The predicted molar refractivity (Wildman–Crippen MR) is 98.5 cm³/mol. The van der Waals surface area contributed by atoms with Gasteiger partial charge < -0.3 is 4.90 Å². The summed E-state index contributed by atoms with van der Waals surface area (Å²) in [7, 11) is 0. The van der Waals surface area contributed by atoms with Gasteiger partial charge in [0.15, 0.2) is 5.69 Å². The Morgan fingerprint density at radius 1 is 1.08 bits per heavy atom. The molecule has 4 rings (SSSR count). The minimum atomic E-state index is 0.0243. The van der Waals surface area contributed by atoms with E-state index in [0.29, 0.717) is 5.69 Å². The van der Waals surface area contributed by atoms with Crippen molar-refractivity contribution in [3.05, 3.63) is 65.4 Å². The highest BCUT2D eigenvalue weighted by Gasteiger charge is 2.25. The number of H-pyrrole nitrogens is 1. The molecule has 0 radical (unpaired) electrons. The number of aromatic amines is 1. The molecule has 0 bridgehead atoms. The van der Waals surface area contributed by atoms with Crippen molar-refractivity contribution < 1.29 is 4.79 Å². The Morgan fingerprint density at radius 2 is 1.84 bits per heavy atom. The van der Waals surface area contributed by atoms with E-state index >= 15 is 0 Å². The summed E-state index contributed by atoms with van der Waals surface area (Å²) in [5.41, 5.74) is 3.90. The quantitative estimate of drug-likeness (QED) is 0.801. The van der Waals surface area contributed by atoms with E-state index in [1.54, 1.807) is 0 Å². The molecule has 1 amide bonds. The van der Waals surface area contributed by atoms with E-state index in [-0.39, 0.29) is 5.91 Å². The van der Waals surface area contributed by atoms with Gasteiger partial charge in [-0.15, -0.1) is 0 Å². The molecule has 1 fully saturated rings. The SMILES string of the molecule is Cc1ccc2[nH]nc(C(=O)N3CCN(Cc4ccccc4)CC3)c2c1. The van der Waals surface area contributed by atoms with E-state index < -0.39 is 0 Å². The average molecular weight is 334 g/mol. The number of fused-ring (bicyclic) bond motifs is 1. The van der Waals surface area contributed by atoms with Crippen molar-refractivity contribution in [2.45, 2.75) is 13.5 Å². The normalized spacial score (nSPS) is 15.6. The third-order valence-corrected chi connectivity index (χ3v) is 4.83. The molecule has 2 heterocycles. The maximum absolute atomic E-state index is 12.9. The number of benzene rings is 2. The van der Waals surface area contributed by atoms with E-state index in [9.17, 15) is 4.79 Å². The Bertz CT molecular complexity index is 879. The summed E-state index contributed by atoms with van der Waals surface area (Å²) in [5.74, 6) is 0.0243. The number of nitrogens with one attached hydrogen (secondary N) is 1. The van der Waals surface area contributed by atoms with Crippen LogP contribution in [0.4, 0.5) is 0 Å². The molecule has 0 aliphatic carbocycles. The number of hydrogen-bond donors (Lipinski definition) is 1. The van der Waals surface area contributed by atoms with Gasteiger partial charge in [-0.1, -0.05) is 42.0 Å². The molecule has 1 aliphatic rings. The summed E-state index contributed by atoms with van der Waals surface area (Å²) < 4.78 is 0. The predicted octanol–water partition coefficient (Wildman–Crippen LogP) is 2.83. The van der Waals surface area contributed by atoms with Gasteiger partial charge in [-0.3, -0.25) is 14.8 Å². The van der Waals surface area contributed by atoms with Crippen LogP contribution in [0, 0.1) is 6.92 Å². The number of rotatable bonds is 3. The molecule has 1 aliphatic heterocycles. The molecule has 1 saturated heterocycles. The zero-order valence-electron chi connectivity index (χ0n) is 14.4. The molecule has 128 valence electrons. The Morgan fingerprint density at radius 3 is 2.60 bits per heavy atom. The van der Waals surface area contributed by atoms with Crippen LogP contribution in [0.3, 0.4) is 0 Å².